The van der Waals surface area contributed by atoms with E-state index in [9.17, 15) is 23.3 Å². The van der Waals surface area contributed by atoms with Crippen LogP contribution in [0, 0.1) is 10.1 Å². The van der Waals surface area contributed by atoms with E-state index < -0.39 is 16.8 Å². The molecular formula is C16H9F3N4O2S. The third-order valence-electron chi connectivity index (χ3n) is 3.19. The summed E-state index contributed by atoms with van der Waals surface area (Å²) in [6, 6.07) is 11.8. The minimum Gasteiger partial charge on any atom is -0.258 e. The van der Waals surface area contributed by atoms with Crippen LogP contribution in [0.15, 0.2) is 64.9 Å². The predicted octanol–water partition coefficient (Wildman–Crippen LogP) is 4.62. The van der Waals surface area contributed by atoms with Crippen molar-refractivity contribution >= 4 is 17.4 Å². The number of halogens is 3. The van der Waals surface area contributed by atoms with Gasteiger partial charge < -0.3 is 0 Å². The highest BCUT2D eigenvalue weighted by Crippen LogP contribution is 2.33. The fraction of sp³-hybridized carbons (Fsp3) is 0.0625. The normalized spacial score (nSPS) is 11.3. The lowest BCUT2D eigenvalue weighted by Crippen LogP contribution is -2.10. The van der Waals surface area contributed by atoms with Crippen LogP contribution in [0.2, 0.25) is 0 Å². The first kappa shape index (κ1) is 17.8. The van der Waals surface area contributed by atoms with Gasteiger partial charge in [0.1, 0.15) is 16.9 Å². The maximum atomic E-state index is 13.2. The van der Waals surface area contributed by atoms with Gasteiger partial charge in [-0.05, 0) is 23.9 Å². The molecule has 0 atom stereocenters. The second kappa shape index (κ2) is 7.08. The highest BCUT2D eigenvalue weighted by atomic mass is 32.2. The molecule has 0 fully saturated rings. The van der Waals surface area contributed by atoms with Crippen molar-refractivity contribution in [3.8, 4) is 11.3 Å². The van der Waals surface area contributed by atoms with Crippen LogP contribution >= 0.6 is 11.8 Å². The molecular weight excluding hydrogens is 369 g/mol. The Morgan fingerprint density at radius 1 is 1.04 bits per heavy atom. The number of hydrogen-bond donors (Lipinski definition) is 0. The van der Waals surface area contributed by atoms with Crippen molar-refractivity contribution in [1.29, 1.82) is 0 Å². The second-order valence-electron chi connectivity index (χ2n) is 5.00. The Kier molecular flexibility index (Phi) is 4.85. The van der Waals surface area contributed by atoms with Gasteiger partial charge in [-0.2, -0.15) is 13.2 Å². The molecule has 2 aromatic heterocycles. The van der Waals surface area contributed by atoms with Crippen molar-refractivity contribution < 1.29 is 18.1 Å². The summed E-state index contributed by atoms with van der Waals surface area (Å²) in [5.74, 6) is 0. The third-order valence-corrected chi connectivity index (χ3v) is 4.01. The molecule has 0 saturated heterocycles. The van der Waals surface area contributed by atoms with Gasteiger partial charge in [0.05, 0.1) is 10.6 Å². The largest absolute Gasteiger partial charge is 0.433 e. The number of rotatable bonds is 4. The van der Waals surface area contributed by atoms with E-state index in [-0.39, 0.29) is 21.6 Å². The summed E-state index contributed by atoms with van der Waals surface area (Å²) >= 11 is 0.791. The van der Waals surface area contributed by atoms with Crippen molar-refractivity contribution in [2.75, 3.05) is 0 Å². The number of pyridine rings is 1. The SMILES string of the molecule is O=[N+]([O-])c1ccc(Sc2nc(-c3ccccc3)cc(C(F)(F)F)n2)nc1. The average molecular weight is 378 g/mol. The molecule has 0 amide bonds. The summed E-state index contributed by atoms with van der Waals surface area (Å²) < 4.78 is 39.5. The van der Waals surface area contributed by atoms with Crippen LogP contribution in [-0.2, 0) is 6.18 Å². The molecule has 0 spiro atoms. The molecule has 0 N–H and O–H groups in total. The summed E-state index contributed by atoms with van der Waals surface area (Å²) in [4.78, 5) is 21.6. The van der Waals surface area contributed by atoms with Crippen LogP contribution in [0.3, 0.4) is 0 Å². The first-order chi connectivity index (χ1) is 12.3. The smallest absolute Gasteiger partial charge is 0.258 e. The van der Waals surface area contributed by atoms with Gasteiger partial charge in [-0.25, -0.2) is 15.0 Å². The Hall–Kier alpha value is -3.01. The van der Waals surface area contributed by atoms with Gasteiger partial charge in [0.15, 0.2) is 5.16 Å². The lowest BCUT2D eigenvalue weighted by atomic mass is 10.1. The van der Waals surface area contributed by atoms with Crippen LogP contribution in [0.1, 0.15) is 5.69 Å². The van der Waals surface area contributed by atoms with E-state index in [2.05, 4.69) is 15.0 Å². The van der Waals surface area contributed by atoms with Crippen LogP contribution < -0.4 is 0 Å². The summed E-state index contributed by atoms with van der Waals surface area (Å²) in [5, 5.41) is 10.7. The molecule has 2 heterocycles. The molecule has 1 aromatic carbocycles. The molecule has 0 bridgehead atoms. The average Bonchev–Trinajstić information content (AvgIpc) is 2.62. The first-order valence-corrected chi connectivity index (χ1v) is 7.94. The molecule has 0 aliphatic carbocycles. The lowest BCUT2D eigenvalue weighted by molar-refractivity contribution is -0.385. The summed E-state index contributed by atoms with van der Waals surface area (Å²) in [6.45, 7) is 0. The number of nitro groups is 1. The lowest BCUT2D eigenvalue weighted by Gasteiger charge is -2.10. The van der Waals surface area contributed by atoms with Gasteiger partial charge >= 0.3 is 6.18 Å². The van der Waals surface area contributed by atoms with E-state index in [1.54, 1.807) is 30.3 Å². The number of benzene rings is 1. The van der Waals surface area contributed by atoms with E-state index in [1.165, 1.54) is 12.1 Å². The van der Waals surface area contributed by atoms with Crippen LogP contribution in [-0.4, -0.2) is 19.9 Å². The Bertz CT molecular complexity index is 934. The minimum atomic E-state index is -4.63. The summed E-state index contributed by atoms with van der Waals surface area (Å²) in [7, 11) is 0. The van der Waals surface area contributed by atoms with Crippen molar-refractivity contribution in [1.82, 2.24) is 15.0 Å². The first-order valence-electron chi connectivity index (χ1n) is 7.13. The van der Waals surface area contributed by atoms with E-state index in [0.717, 1.165) is 24.0 Å². The number of nitrogens with zero attached hydrogens (tertiary/aromatic N) is 4. The fourth-order valence-corrected chi connectivity index (χ4v) is 2.72. The molecule has 132 valence electrons. The zero-order valence-electron chi connectivity index (χ0n) is 12.8. The van der Waals surface area contributed by atoms with Crippen molar-refractivity contribution in [2.24, 2.45) is 0 Å². The molecule has 0 saturated carbocycles. The van der Waals surface area contributed by atoms with Crippen molar-refractivity contribution in [3.63, 3.8) is 0 Å². The van der Waals surface area contributed by atoms with Gasteiger partial charge in [0.25, 0.3) is 5.69 Å². The van der Waals surface area contributed by atoms with Crippen molar-refractivity contribution in [3.05, 3.63) is 70.5 Å². The molecule has 0 aliphatic rings. The molecule has 3 aromatic rings. The van der Waals surface area contributed by atoms with Gasteiger partial charge in [0, 0.05) is 11.6 Å². The van der Waals surface area contributed by atoms with Crippen molar-refractivity contribution in [2.45, 2.75) is 16.4 Å². The van der Waals surface area contributed by atoms with E-state index in [0.29, 0.717) is 5.56 Å². The Morgan fingerprint density at radius 3 is 2.35 bits per heavy atom. The highest BCUT2D eigenvalue weighted by molar-refractivity contribution is 7.99. The maximum absolute atomic E-state index is 13.2. The predicted molar refractivity (Wildman–Crippen MR) is 87.5 cm³/mol. The van der Waals surface area contributed by atoms with E-state index >= 15 is 0 Å². The fourth-order valence-electron chi connectivity index (χ4n) is 2.01. The van der Waals surface area contributed by atoms with E-state index in [1.807, 2.05) is 0 Å². The summed E-state index contributed by atoms with van der Waals surface area (Å²) in [5.41, 5.74) is -0.656. The zero-order chi connectivity index (χ0) is 18.7. The molecule has 3 rings (SSSR count). The van der Waals surface area contributed by atoms with Gasteiger partial charge in [-0.1, -0.05) is 30.3 Å². The summed E-state index contributed by atoms with van der Waals surface area (Å²) in [6.07, 6.45) is -3.61. The van der Waals surface area contributed by atoms with Gasteiger partial charge in [-0.15, -0.1) is 0 Å². The molecule has 0 aliphatic heterocycles. The minimum absolute atomic E-state index is 0.123. The van der Waals surface area contributed by atoms with Gasteiger partial charge in [0.2, 0.25) is 0 Å². The topological polar surface area (TPSA) is 81.8 Å². The van der Waals surface area contributed by atoms with Crippen LogP contribution in [0.25, 0.3) is 11.3 Å². The van der Waals surface area contributed by atoms with E-state index in [4.69, 9.17) is 0 Å². The van der Waals surface area contributed by atoms with Gasteiger partial charge in [-0.3, -0.25) is 10.1 Å². The third kappa shape index (κ3) is 4.14. The quantitative estimate of drug-likeness (QED) is 0.374. The molecule has 0 radical (unpaired) electrons. The Balaban J connectivity index is 1.99. The zero-order valence-corrected chi connectivity index (χ0v) is 13.7. The number of hydrogen-bond acceptors (Lipinski definition) is 6. The maximum Gasteiger partial charge on any atom is 0.433 e. The highest BCUT2D eigenvalue weighted by Gasteiger charge is 2.34. The van der Waals surface area contributed by atoms with Crippen LogP contribution in [0.5, 0.6) is 0 Å². The molecule has 0 unspecified atom stereocenters. The standard InChI is InChI=1S/C16H9F3N4O2S/c17-16(18,19)13-8-12(10-4-2-1-3-5-10)21-15(22-13)26-14-7-6-11(9-20-14)23(24)25/h1-9H. The Morgan fingerprint density at radius 2 is 1.77 bits per heavy atom. The van der Waals surface area contributed by atoms with Crippen LogP contribution in [0.4, 0.5) is 18.9 Å². The second-order valence-corrected chi connectivity index (χ2v) is 5.99. The molecule has 26 heavy (non-hydrogen) atoms. The Labute approximate surface area is 149 Å². The number of aromatic nitrogens is 3. The number of alkyl halides is 3. The monoisotopic (exact) mass is 378 g/mol. The molecule has 10 heteroatoms. The molecule has 6 nitrogen and oxygen atoms in total.